The van der Waals surface area contributed by atoms with Crippen LogP contribution in [0.5, 0.6) is 0 Å². The molecule has 0 spiro atoms. The summed E-state index contributed by atoms with van der Waals surface area (Å²) in [5, 5.41) is 3.31. The summed E-state index contributed by atoms with van der Waals surface area (Å²) in [5.74, 6) is 0.859. The fourth-order valence-electron chi connectivity index (χ4n) is 2.09. The van der Waals surface area contributed by atoms with Crippen molar-refractivity contribution in [2.45, 2.75) is 31.1 Å². The van der Waals surface area contributed by atoms with Crippen LogP contribution in [0.3, 0.4) is 0 Å². The molecule has 84 valence electrons. The fraction of sp³-hybridized carbons (Fsp3) is 0.727. The number of halogens is 1. The quantitative estimate of drug-likeness (QED) is 0.795. The van der Waals surface area contributed by atoms with Gasteiger partial charge in [0.25, 0.3) is 0 Å². The van der Waals surface area contributed by atoms with Gasteiger partial charge in [-0.3, -0.25) is 4.90 Å². The molecule has 2 nitrogen and oxygen atoms in total. The number of thiazole rings is 1. The highest BCUT2D eigenvalue weighted by Crippen LogP contribution is 2.25. The van der Waals surface area contributed by atoms with Crippen LogP contribution in [-0.4, -0.2) is 27.8 Å². The summed E-state index contributed by atoms with van der Waals surface area (Å²) in [6.07, 6.45) is 4.53. The second kappa shape index (κ2) is 5.41. The smallest absolute Gasteiger partial charge is 0.107 e. The van der Waals surface area contributed by atoms with Gasteiger partial charge in [-0.15, -0.1) is 11.3 Å². The van der Waals surface area contributed by atoms with Crippen molar-refractivity contribution in [2.75, 3.05) is 13.1 Å². The fourth-order valence-corrected chi connectivity index (χ4v) is 3.28. The van der Waals surface area contributed by atoms with E-state index in [0.29, 0.717) is 4.83 Å². The van der Waals surface area contributed by atoms with Gasteiger partial charge in [-0.05, 0) is 31.8 Å². The van der Waals surface area contributed by atoms with Crippen LogP contribution in [0.2, 0.25) is 0 Å². The van der Waals surface area contributed by atoms with Crippen LogP contribution >= 0.6 is 27.3 Å². The lowest BCUT2D eigenvalue weighted by molar-refractivity contribution is 0.178. The first-order valence-electron chi connectivity index (χ1n) is 5.50. The molecule has 0 aromatic carbocycles. The molecule has 1 aliphatic heterocycles. The van der Waals surface area contributed by atoms with Crippen LogP contribution in [0.25, 0.3) is 0 Å². The molecule has 0 radical (unpaired) electrons. The van der Waals surface area contributed by atoms with Crippen molar-refractivity contribution >= 4 is 27.3 Å². The first-order chi connectivity index (χ1) is 7.25. The van der Waals surface area contributed by atoms with Crippen molar-refractivity contribution in [1.29, 1.82) is 0 Å². The Hall–Kier alpha value is 0.0700. The average Bonchev–Trinajstić information content (AvgIpc) is 2.71. The minimum Gasteiger partial charge on any atom is -0.297 e. The molecule has 1 saturated heterocycles. The Bertz CT molecular complexity index is 279. The molecule has 2 rings (SSSR count). The van der Waals surface area contributed by atoms with E-state index in [9.17, 15) is 0 Å². The number of hydrogen-bond donors (Lipinski definition) is 0. The van der Waals surface area contributed by atoms with Crippen molar-refractivity contribution in [3.8, 4) is 0 Å². The summed E-state index contributed by atoms with van der Waals surface area (Å²) < 4.78 is 0. The topological polar surface area (TPSA) is 16.1 Å². The number of likely N-dealkylation sites (tertiary alicyclic amines) is 1. The molecule has 0 aliphatic carbocycles. The maximum Gasteiger partial charge on any atom is 0.107 e. The summed E-state index contributed by atoms with van der Waals surface area (Å²) in [4.78, 5) is 7.52. The van der Waals surface area contributed by atoms with E-state index in [0.717, 1.165) is 12.5 Å². The van der Waals surface area contributed by atoms with Gasteiger partial charge in [0.2, 0.25) is 0 Å². The number of alkyl halides is 1. The van der Waals surface area contributed by atoms with Gasteiger partial charge in [0.15, 0.2) is 0 Å². The normalized spacial score (nSPS) is 21.7. The van der Waals surface area contributed by atoms with Gasteiger partial charge in [-0.2, -0.15) is 0 Å². The molecule has 1 aromatic heterocycles. The second-order valence-corrected chi connectivity index (χ2v) is 6.64. The lowest BCUT2D eigenvalue weighted by Crippen LogP contribution is -2.35. The van der Waals surface area contributed by atoms with E-state index in [1.165, 1.54) is 30.9 Å². The predicted molar refractivity (Wildman–Crippen MR) is 68.5 cm³/mol. The highest BCUT2D eigenvalue weighted by Gasteiger charge is 2.22. The van der Waals surface area contributed by atoms with Crippen LogP contribution < -0.4 is 0 Å². The van der Waals surface area contributed by atoms with Crippen LogP contribution in [0, 0.1) is 5.92 Å². The van der Waals surface area contributed by atoms with E-state index < -0.39 is 0 Å². The van der Waals surface area contributed by atoms with Crippen LogP contribution in [-0.2, 0) is 6.54 Å². The minimum absolute atomic E-state index is 0.666. The van der Waals surface area contributed by atoms with Gasteiger partial charge in [-0.1, -0.05) is 22.9 Å². The molecule has 0 bridgehead atoms. The molecular formula is C11H17BrN2S. The van der Waals surface area contributed by atoms with Crippen molar-refractivity contribution < 1.29 is 0 Å². The van der Waals surface area contributed by atoms with Crippen LogP contribution in [0.15, 0.2) is 11.6 Å². The Morgan fingerprint density at radius 2 is 2.33 bits per heavy atom. The Kier molecular flexibility index (Phi) is 4.17. The van der Waals surface area contributed by atoms with Crippen molar-refractivity contribution in [3.63, 3.8) is 0 Å². The van der Waals surface area contributed by atoms with E-state index in [4.69, 9.17) is 0 Å². The maximum atomic E-state index is 4.33. The molecule has 1 atom stereocenters. The average molecular weight is 289 g/mol. The van der Waals surface area contributed by atoms with Gasteiger partial charge in [0.1, 0.15) is 5.01 Å². The van der Waals surface area contributed by atoms with E-state index in [1.54, 1.807) is 11.3 Å². The van der Waals surface area contributed by atoms with Crippen molar-refractivity contribution in [3.05, 3.63) is 16.6 Å². The number of hydrogen-bond acceptors (Lipinski definition) is 3. The molecule has 4 heteroatoms. The summed E-state index contributed by atoms with van der Waals surface area (Å²) in [6.45, 7) is 5.75. The third kappa shape index (κ3) is 3.26. The molecule has 1 aliphatic rings. The monoisotopic (exact) mass is 288 g/mol. The first-order valence-corrected chi connectivity index (χ1v) is 7.30. The highest BCUT2D eigenvalue weighted by molar-refractivity contribution is 9.09. The maximum absolute atomic E-state index is 4.33. The largest absolute Gasteiger partial charge is 0.297 e. The van der Waals surface area contributed by atoms with E-state index >= 15 is 0 Å². The molecule has 2 heterocycles. The number of aromatic nitrogens is 1. The Morgan fingerprint density at radius 1 is 1.60 bits per heavy atom. The van der Waals surface area contributed by atoms with E-state index in [2.05, 4.69) is 38.1 Å². The standard InChI is InChI=1S/C11H17BrN2S/c1-9(12)10-2-5-14(6-3-10)8-11-13-4-7-15-11/h4,7,9-10H,2-3,5-6,8H2,1H3. The summed E-state index contributed by atoms with van der Waals surface area (Å²) in [7, 11) is 0. The molecule has 1 aromatic rings. The number of rotatable bonds is 3. The Labute approximate surface area is 104 Å². The van der Waals surface area contributed by atoms with Gasteiger partial charge in [0, 0.05) is 16.4 Å². The van der Waals surface area contributed by atoms with Gasteiger partial charge in [0.05, 0.1) is 6.54 Å². The molecule has 0 N–H and O–H groups in total. The summed E-state index contributed by atoms with van der Waals surface area (Å²) in [5.41, 5.74) is 0. The third-order valence-electron chi connectivity index (χ3n) is 3.12. The third-order valence-corrected chi connectivity index (χ3v) is 4.64. The minimum atomic E-state index is 0.666. The zero-order chi connectivity index (χ0) is 10.7. The number of piperidine rings is 1. The summed E-state index contributed by atoms with van der Waals surface area (Å²) in [6, 6.07) is 0. The Balaban J connectivity index is 1.79. The van der Waals surface area contributed by atoms with E-state index in [-0.39, 0.29) is 0 Å². The lowest BCUT2D eigenvalue weighted by Gasteiger charge is -2.32. The van der Waals surface area contributed by atoms with Gasteiger partial charge < -0.3 is 0 Å². The molecule has 15 heavy (non-hydrogen) atoms. The lowest BCUT2D eigenvalue weighted by atomic mass is 9.94. The zero-order valence-corrected chi connectivity index (χ0v) is 11.4. The first kappa shape index (κ1) is 11.6. The SMILES string of the molecule is CC(Br)C1CCN(Cc2nccs2)CC1. The Morgan fingerprint density at radius 3 is 2.87 bits per heavy atom. The van der Waals surface area contributed by atoms with E-state index in [1.807, 2.05) is 6.20 Å². The summed E-state index contributed by atoms with van der Waals surface area (Å²) >= 11 is 5.45. The molecule has 0 amide bonds. The van der Waals surface area contributed by atoms with Gasteiger partial charge >= 0.3 is 0 Å². The van der Waals surface area contributed by atoms with Crippen LogP contribution in [0.1, 0.15) is 24.8 Å². The molecular weight excluding hydrogens is 272 g/mol. The predicted octanol–water partition coefficient (Wildman–Crippen LogP) is 3.14. The molecule has 1 unspecified atom stereocenters. The zero-order valence-electron chi connectivity index (χ0n) is 9.03. The molecule has 1 fully saturated rings. The van der Waals surface area contributed by atoms with Crippen molar-refractivity contribution in [2.24, 2.45) is 5.92 Å². The van der Waals surface area contributed by atoms with Crippen molar-refractivity contribution in [1.82, 2.24) is 9.88 Å². The highest BCUT2D eigenvalue weighted by atomic mass is 79.9. The van der Waals surface area contributed by atoms with Crippen LogP contribution in [0.4, 0.5) is 0 Å². The molecule has 0 saturated carbocycles. The number of nitrogens with zero attached hydrogens (tertiary/aromatic N) is 2. The second-order valence-electron chi connectivity index (χ2n) is 4.22. The van der Waals surface area contributed by atoms with Gasteiger partial charge in [-0.25, -0.2) is 4.98 Å².